The topological polar surface area (TPSA) is 25.0 Å². The molecule has 0 aliphatic heterocycles. The van der Waals surface area contributed by atoms with Crippen LogP contribution in [0.1, 0.15) is 0 Å². The summed E-state index contributed by atoms with van der Waals surface area (Å²) in [5.74, 6) is 0.534. The number of hydrogen-bond donors (Lipinski definition) is 1. The number of nitrogens with one attached hydrogen (secondary N) is 1. The minimum Gasteiger partial charge on any atom is -0.495 e. The zero-order valence-corrected chi connectivity index (χ0v) is 9.08. The fourth-order valence-corrected chi connectivity index (χ4v) is 2.13. The van der Waals surface area contributed by atoms with Crippen LogP contribution >= 0.6 is 11.8 Å². The number of aromatic nitrogens is 1. The van der Waals surface area contributed by atoms with Crippen molar-refractivity contribution in [2.24, 2.45) is 0 Å². The second kappa shape index (κ2) is 3.93. The van der Waals surface area contributed by atoms with Crippen molar-refractivity contribution in [3.63, 3.8) is 0 Å². The molecular formula is C10H8F3NOS. The molecule has 0 amide bonds. The molecule has 1 heterocycles. The van der Waals surface area contributed by atoms with Gasteiger partial charge in [0.1, 0.15) is 5.75 Å². The highest BCUT2D eigenvalue weighted by Gasteiger charge is 2.30. The molecule has 0 saturated carbocycles. The first kappa shape index (κ1) is 11.2. The molecule has 1 N–H and O–H groups in total. The number of hydrogen-bond acceptors (Lipinski definition) is 2. The number of para-hydroxylation sites is 1. The van der Waals surface area contributed by atoms with Gasteiger partial charge in [-0.05, 0) is 17.8 Å². The summed E-state index contributed by atoms with van der Waals surface area (Å²) in [6.45, 7) is 0. The lowest BCUT2D eigenvalue weighted by Gasteiger charge is -2.04. The molecule has 0 aliphatic rings. The summed E-state index contributed by atoms with van der Waals surface area (Å²) in [5, 5.41) is 0.515. The van der Waals surface area contributed by atoms with Gasteiger partial charge < -0.3 is 9.72 Å². The van der Waals surface area contributed by atoms with Crippen LogP contribution in [-0.4, -0.2) is 17.6 Å². The normalized spacial score (nSPS) is 12.0. The van der Waals surface area contributed by atoms with E-state index in [9.17, 15) is 13.2 Å². The van der Waals surface area contributed by atoms with Crippen molar-refractivity contribution in [3.8, 4) is 5.75 Å². The highest BCUT2D eigenvalue weighted by atomic mass is 32.2. The molecule has 2 nitrogen and oxygen atoms in total. The molecule has 0 unspecified atom stereocenters. The van der Waals surface area contributed by atoms with Gasteiger partial charge in [0.05, 0.1) is 12.6 Å². The maximum absolute atomic E-state index is 12.2. The van der Waals surface area contributed by atoms with Gasteiger partial charge in [-0.25, -0.2) is 0 Å². The summed E-state index contributed by atoms with van der Waals surface area (Å²) in [7, 11) is 1.48. The number of ether oxygens (including phenoxy) is 1. The molecule has 2 aromatic rings. The predicted octanol–water partition coefficient (Wildman–Crippen LogP) is 3.79. The fourth-order valence-electron chi connectivity index (χ4n) is 1.48. The number of methoxy groups -OCH3 is 1. The number of alkyl halides is 3. The van der Waals surface area contributed by atoms with E-state index < -0.39 is 5.51 Å². The molecule has 0 fully saturated rings. The first-order valence-electron chi connectivity index (χ1n) is 4.41. The second-order valence-electron chi connectivity index (χ2n) is 3.08. The van der Waals surface area contributed by atoms with E-state index in [1.165, 1.54) is 13.3 Å². The average molecular weight is 247 g/mol. The van der Waals surface area contributed by atoms with Gasteiger partial charge >= 0.3 is 5.51 Å². The van der Waals surface area contributed by atoms with Crippen LogP contribution in [0, 0.1) is 0 Å². The lowest BCUT2D eigenvalue weighted by atomic mass is 10.2. The average Bonchev–Trinajstić information content (AvgIpc) is 2.59. The maximum atomic E-state index is 12.2. The molecule has 0 aliphatic carbocycles. The Morgan fingerprint density at radius 2 is 2.06 bits per heavy atom. The lowest BCUT2D eigenvalue weighted by Crippen LogP contribution is -1.98. The summed E-state index contributed by atoms with van der Waals surface area (Å²) in [6, 6.07) is 4.98. The van der Waals surface area contributed by atoms with E-state index in [4.69, 9.17) is 4.74 Å². The number of halogens is 3. The number of H-pyrrole nitrogens is 1. The van der Waals surface area contributed by atoms with Crippen LogP contribution in [0.5, 0.6) is 5.75 Å². The smallest absolute Gasteiger partial charge is 0.446 e. The van der Waals surface area contributed by atoms with Crippen molar-refractivity contribution in [2.75, 3.05) is 7.11 Å². The van der Waals surface area contributed by atoms with Gasteiger partial charge in [0.25, 0.3) is 0 Å². The van der Waals surface area contributed by atoms with Gasteiger partial charge in [-0.2, -0.15) is 13.2 Å². The lowest BCUT2D eigenvalue weighted by molar-refractivity contribution is -0.0327. The van der Waals surface area contributed by atoms with E-state index in [1.807, 2.05) is 0 Å². The molecule has 16 heavy (non-hydrogen) atoms. The van der Waals surface area contributed by atoms with E-state index in [2.05, 4.69) is 4.98 Å². The van der Waals surface area contributed by atoms with Crippen LogP contribution in [-0.2, 0) is 0 Å². The Bertz CT molecular complexity index is 506. The van der Waals surface area contributed by atoms with Gasteiger partial charge in [-0.3, -0.25) is 0 Å². The minimum atomic E-state index is -4.28. The third kappa shape index (κ3) is 2.11. The highest BCUT2D eigenvalue weighted by Crippen LogP contribution is 2.41. The molecule has 0 spiro atoms. The van der Waals surface area contributed by atoms with Crippen LogP contribution < -0.4 is 4.74 Å². The number of rotatable bonds is 2. The summed E-state index contributed by atoms with van der Waals surface area (Å²) >= 11 is -0.131. The van der Waals surface area contributed by atoms with Gasteiger partial charge in [-0.15, -0.1) is 0 Å². The zero-order chi connectivity index (χ0) is 11.8. The zero-order valence-electron chi connectivity index (χ0n) is 8.26. The van der Waals surface area contributed by atoms with Crippen molar-refractivity contribution in [1.82, 2.24) is 4.98 Å². The van der Waals surface area contributed by atoms with Crippen LogP contribution in [0.25, 0.3) is 10.9 Å². The number of thioether (sulfide) groups is 1. The monoisotopic (exact) mass is 247 g/mol. The maximum Gasteiger partial charge on any atom is 0.446 e. The van der Waals surface area contributed by atoms with E-state index in [-0.39, 0.29) is 16.7 Å². The summed E-state index contributed by atoms with van der Waals surface area (Å²) in [5.41, 5.74) is -3.70. The fraction of sp³-hybridized carbons (Fsp3) is 0.200. The van der Waals surface area contributed by atoms with Crippen molar-refractivity contribution in [3.05, 3.63) is 24.4 Å². The molecule has 6 heteroatoms. The molecule has 1 aromatic heterocycles. The first-order chi connectivity index (χ1) is 7.51. The standard InChI is InChI=1S/C10H8F3NOS/c1-15-7-4-2-3-6-8(5-14-9(6)7)16-10(11,12)13/h2-5,14H,1H3. The Labute approximate surface area is 93.8 Å². The first-order valence-corrected chi connectivity index (χ1v) is 5.23. The molecule has 1 aromatic carbocycles. The summed E-state index contributed by atoms with van der Waals surface area (Å²) < 4.78 is 41.8. The Morgan fingerprint density at radius 1 is 1.31 bits per heavy atom. The third-order valence-electron chi connectivity index (χ3n) is 2.08. The number of fused-ring (bicyclic) bond motifs is 1. The van der Waals surface area contributed by atoms with E-state index in [1.54, 1.807) is 18.2 Å². The van der Waals surface area contributed by atoms with Crippen LogP contribution in [0.15, 0.2) is 29.3 Å². The second-order valence-corrected chi connectivity index (χ2v) is 4.19. The van der Waals surface area contributed by atoms with Crippen molar-refractivity contribution < 1.29 is 17.9 Å². The van der Waals surface area contributed by atoms with Gasteiger partial charge in [-0.1, -0.05) is 12.1 Å². The van der Waals surface area contributed by atoms with Crippen LogP contribution in [0.4, 0.5) is 13.2 Å². The molecule has 2 rings (SSSR count). The van der Waals surface area contributed by atoms with Gasteiger partial charge in [0.2, 0.25) is 0 Å². The third-order valence-corrected chi connectivity index (χ3v) is 2.87. The Hall–Kier alpha value is -1.30. The molecule has 0 atom stereocenters. The number of aromatic amines is 1. The van der Waals surface area contributed by atoms with Gasteiger partial charge in [0, 0.05) is 16.5 Å². The predicted molar refractivity (Wildman–Crippen MR) is 56.8 cm³/mol. The Morgan fingerprint density at radius 3 is 2.69 bits per heavy atom. The van der Waals surface area contributed by atoms with Crippen LogP contribution in [0.3, 0.4) is 0 Å². The summed E-state index contributed by atoms with van der Waals surface area (Å²) in [6.07, 6.45) is 1.34. The minimum absolute atomic E-state index is 0.131. The number of benzene rings is 1. The Kier molecular flexibility index (Phi) is 2.75. The molecule has 0 bridgehead atoms. The van der Waals surface area contributed by atoms with E-state index in [0.29, 0.717) is 16.7 Å². The molecule has 0 radical (unpaired) electrons. The SMILES string of the molecule is COc1cccc2c(SC(F)(F)F)c[nH]c12. The van der Waals surface area contributed by atoms with Crippen LogP contribution in [0.2, 0.25) is 0 Å². The summed E-state index contributed by atoms with van der Waals surface area (Å²) in [4.78, 5) is 2.94. The quantitative estimate of drug-likeness (QED) is 0.817. The van der Waals surface area contributed by atoms with Gasteiger partial charge in [0.15, 0.2) is 0 Å². The van der Waals surface area contributed by atoms with Crippen molar-refractivity contribution in [1.29, 1.82) is 0 Å². The highest BCUT2D eigenvalue weighted by molar-refractivity contribution is 8.00. The molecular weight excluding hydrogens is 239 g/mol. The van der Waals surface area contributed by atoms with E-state index in [0.717, 1.165) is 0 Å². The van der Waals surface area contributed by atoms with Crippen molar-refractivity contribution >= 4 is 22.7 Å². The largest absolute Gasteiger partial charge is 0.495 e. The van der Waals surface area contributed by atoms with Crippen molar-refractivity contribution in [2.45, 2.75) is 10.4 Å². The molecule has 86 valence electrons. The molecule has 0 saturated heterocycles. The van der Waals surface area contributed by atoms with E-state index >= 15 is 0 Å². The Balaban J connectivity index is 2.49.